The number of hydrogen-bond acceptors (Lipinski definition) is 5. The van der Waals surface area contributed by atoms with Crippen LogP contribution in [0.3, 0.4) is 0 Å². The minimum absolute atomic E-state index is 0.251. The fraction of sp³-hybridized carbons (Fsp3) is 0.263. The van der Waals surface area contributed by atoms with E-state index in [-0.39, 0.29) is 5.69 Å². The minimum atomic E-state index is -0.677. The van der Waals surface area contributed by atoms with Gasteiger partial charge >= 0.3 is 0 Å². The maximum atomic E-state index is 13.4. The number of nitrogens with one attached hydrogen (secondary N) is 1. The molecule has 2 N–H and O–H groups in total. The number of aliphatic hydroxyl groups is 1. The highest BCUT2D eigenvalue weighted by Gasteiger charge is 2.36. The number of rotatable bonds is 4. The predicted molar refractivity (Wildman–Crippen MR) is 98.6 cm³/mol. The van der Waals surface area contributed by atoms with Crippen LogP contribution >= 0.6 is 0 Å². The summed E-state index contributed by atoms with van der Waals surface area (Å²) in [6, 6.07) is 9.11. The smallest absolute Gasteiger partial charge is 0.246 e. The summed E-state index contributed by atoms with van der Waals surface area (Å²) in [5.41, 5.74) is 2.43. The van der Waals surface area contributed by atoms with Gasteiger partial charge < -0.3 is 15.3 Å². The third-order valence-corrected chi connectivity index (χ3v) is 4.35. The molecule has 1 saturated heterocycles. The molecule has 6 nitrogen and oxygen atoms in total. The monoisotopic (exact) mass is 371 g/mol. The third-order valence-electron chi connectivity index (χ3n) is 4.35. The lowest BCUT2D eigenvalue weighted by Gasteiger charge is -2.46. The summed E-state index contributed by atoms with van der Waals surface area (Å²) in [7, 11) is 0. The number of aromatic nitrogens is 3. The SMILES string of the molecule is Cc1cc(Nc2ncn(-c3cc(F)cc(F)c3)n2)cc(N2CC(C)(O)C2)c1. The predicted octanol–water partition coefficient (Wildman–Crippen LogP) is 3.17. The summed E-state index contributed by atoms with van der Waals surface area (Å²) >= 11 is 0. The van der Waals surface area contributed by atoms with E-state index in [2.05, 4.69) is 20.3 Å². The lowest BCUT2D eigenvalue weighted by atomic mass is 9.95. The van der Waals surface area contributed by atoms with Crippen molar-refractivity contribution in [3.63, 3.8) is 0 Å². The molecule has 0 amide bonds. The number of halogens is 2. The highest BCUT2D eigenvalue weighted by Crippen LogP contribution is 2.31. The van der Waals surface area contributed by atoms with E-state index in [0.29, 0.717) is 19.0 Å². The van der Waals surface area contributed by atoms with Crippen molar-refractivity contribution in [3.8, 4) is 5.69 Å². The Morgan fingerprint density at radius 2 is 1.74 bits per heavy atom. The normalized spacial score (nSPS) is 15.5. The molecule has 1 aliphatic rings. The molecule has 0 bridgehead atoms. The Bertz CT molecular complexity index is 973. The van der Waals surface area contributed by atoms with Crippen molar-refractivity contribution in [3.05, 3.63) is 59.9 Å². The van der Waals surface area contributed by atoms with Gasteiger partial charge in [0.05, 0.1) is 11.3 Å². The van der Waals surface area contributed by atoms with Crippen molar-refractivity contribution < 1.29 is 13.9 Å². The zero-order valence-electron chi connectivity index (χ0n) is 14.9. The molecule has 0 radical (unpaired) electrons. The van der Waals surface area contributed by atoms with Gasteiger partial charge in [0, 0.05) is 30.5 Å². The van der Waals surface area contributed by atoms with Gasteiger partial charge in [-0.3, -0.25) is 0 Å². The quantitative estimate of drug-likeness (QED) is 0.738. The third kappa shape index (κ3) is 3.75. The molecule has 140 valence electrons. The standard InChI is InChI=1S/C19H19F2N5O/c1-12-3-15(8-16(4-12)25-9-19(2,27)10-25)23-18-22-11-26(24-18)17-6-13(20)5-14(21)7-17/h3-8,11,27H,9-10H2,1-2H3,(H,23,24). The van der Waals surface area contributed by atoms with E-state index in [1.54, 1.807) is 0 Å². The van der Waals surface area contributed by atoms with Crippen molar-refractivity contribution >= 4 is 17.3 Å². The fourth-order valence-corrected chi connectivity index (χ4v) is 3.22. The average molecular weight is 371 g/mol. The van der Waals surface area contributed by atoms with Crippen LogP contribution in [0.2, 0.25) is 0 Å². The lowest BCUT2D eigenvalue weighted by Crippen LogP contribution is -2.60. The Balaban J connectivity index is 1.55. The van der Waals surface area contributed by atoms with Gasteiger partial charge in [-0.15, -0.1) is 5.10 Å². The van der Waals surface area contributed by atoms with Crippen LogP contribution in [-0.2, 0) is 0 Å². The van der Waals surface area contributed by atoms with Crippen molar-refractivity contribution in [2.45, 2.75) is 19.4 Å². The summed E-state index contributed by atoms with van der Waals surface area (Å²) in [6.07, 6.45) is 1.39. The van der Waals surface area contributed by atoms with Crippen molar-refractivity contribution in [1.82, 2.24) is 14.8 Å². The highest BCUT2D eigenvalue weighted by atomic mass is 19.1. The zero-order valence-corrected chi connectivity index (χ0v) is 14.9. The van der Waals surface area contributed by atoms with Crippen LogP contribution in [0.1, 0.15) is 12.5 Å². The van der Waals surface area contributed by atoms with Crippen LogP contribution in [-0.4, -0.2) is 38.6 Å². The van der Waals surface area contributed by atoms with Crippen LogP contribution in [0.5, 0.6) is 0 Å². The van der Waals surface area contributed by atoms with Gasteiger partial charge in [-0.25, -0.2) is 13.5 Å². The van der Waals surface area contributed by atoms with Gasteiger partial charge in [0.1, 0.15) is 18.0 Å². The van der Waals surface area contributed by atoms with Gasteiger partial charge in [-0.1, -0.05) is 0 Å². The fourth-order valence-electron chi connectivity index (χ4n) is 3.22. The lowest BCUT2D eigenvalue weighted by molar-refractivity contribution is 0.0310. The first-order chi connectivity index (χ1) is 12.8. The molecule has 2 heterocycles. The number of nitrogens with zero attached hydrogens (tertiary/aromatic N) is 4. The van der Waals surface area contributed by atoms with Crippen molar-refractivity contribution in [2.75, 3.05) is 23.3 Å². The molecule has 0 saturated carbocycles. The molecule has 3 aromatic rings. The zero-order chi connectivity index (χ0) is 19.2. The largest absolute Gasteiger partial charge is 0.386 e. The summed E-state index contributed by atoms with van der Waals surface area (Å²) in [4.78, 5) is 6.23. The molecule has 0 spiro atoms. The topological polar surface area (TPSA) is 66.2 Å². The first-order valence-corrected chi connectivity index (χ1v) is 8.52. The molecule has 8 heteroatoms. The maximum Gasteiger partial charge on any atom is 0.246 e. The van der Waals surface area contributed by atoms with Gasteiger partial charge in [-0.2, -0.15) is 4.98 Å². The average Bonchev–Trinajstić information content (AvgIpc) is 2.99. The molecule has 27 heavy (non-hydrogen) atoms. The second-order valence-electron chi connectivity index (χ2n) is 7.18. The van der Waals surface area contributed by atoms with Crippen molar-refractivity contribution in [2.24, 2.45) is 0 Å². The van der Waals surface area contributed by atoms with Gasteiger partial charge in [0.15, 0.2) is 0 Å². The number of β-amino-alcohol motifs (C(OH)–C–C–N with tert-alkyl or cyclic N) is 1. The van der Waals surface area contributed by atoms with Crippen LogP contribution in [0, 0.1) is 18.6 Å². The first kappa shape index (κ1) is 17.4. The first-order valence-electron chi connectivity index (χ1n) is 8.52. The van der Waals surface area contributed by atoms with Crippen LogP contribution in [0.4, 0.5) is 26.1 Å². The molecular weight excluding hydrogens is 352 g/mol. The van der Waals surface area contributed by atoms with Gasteiger partial charge in [-0.05, 0) is 49.7 Å². The summed E-state index contributed by atoms with van der Waals surface area (Å²) in [6.45, 7) is 4.94. The van der Waals surface area contributed by atoms with Crippen molar-refractivity contribution in [1.29, 1.82) is 0 Å². The number of hydrogen-bond donors (Lipinski definition) is 2. The second kappa shape index (κ2) is 6.31. The molecule has 4 rings (SSSR count). The summed E-state index contributed by atoms with van der Waals surface area (Å²) in [5, 5.41) is 17.3. The van der Waals surface area contributed by atoms with Crippen LogP contribution in [0.15, 0.2) is 42.7 Å². The molecule has 0 unspecified atom stereocenters. The Hall–Kier alpha value is -3.00. The summed E-state index contributed by atoms with van der Waals surface area (Å²) in [5.74, 6) is -1.04. The number of aryl methyl sites for hydroxylation is 1. The van der Waals surface area contributed by atoms with E-state index in [4.69, 9.17) is 0 Å². The van der Waals surface area contributed by atoms with E-state index in [9.17, 15) is 13.9 Å². The molecule has 1 aromatic heterocycles. The molecule has 0 atom stereocenters. The Kier molecular flexibility index (Phi) is 4.07. The van der Waals surface area contributed by atoms with Gasteiger partial charge in [0.25, 0.3) is 0 Å². The van der Waals surface area contributed by atoms with E-state index >= 15 is 0 Å². The number of benzene rings is 2. The molecule has 1 aliphatic heterocycles. The molecular formula is C19H19F2N5O. The van der Waals surface area contributed by atoms with E-state index in [1.165, 1.54) is 23.1 Å². The Labute approximate surface area is 155 Å². The van der Waals surface area contributed by atoms with E-state index < -0.39 is 17.2 Å². The highest BCUT2D eigenvalue weighted by molar-refractivity contribution is 5.65. The maximum absolute atomic E-state index is 13.4. The van der Waals surface area contributed by atoms with Crippen LogP contribution in [0.25, 0.3) is 5.69 Å². The molecule has 0 aliphatic carbocycles. The van der Waals surface area contributed by atoms with Crippen LogP contribution < -0.4 is 10.2 Å². The summed E-state index contributed by atoms with van der Waals surface area (Å²) < 4.78 is 28.1. The minimum Gasteiger partial charge on any atom is -0.386 e. The molecule has 1 fully saturated rings. The van der Waals surface area contributed by atoms with E-state index in [0.717, 1.165) is 23.0 Å². The van der Waals surface area contributed by atoms with E-state index in [1.807, 2.05) is 32.0 Å². The molecule has 2 aromatic carbocycles. The number of anilines is 3. The Morgan fingerprint density at radius 3 is 2.41 bits per heavy atom. The second-order valence-corrected chi connectivity index (χ2v) is 7.18. The Morgan fingerprint density at radius 1 is 1.04 bits per heavy atom. The van der Waals surface area contributed by atoms with Gasteiger partial charge in [0.2, 0.25) is 5.95 Å².